The Morgan fingerprint density at radius 3 is 3.00 bits per heavy atom. The predicted molar refractivity (Wildman–Crippen MR) is 52.1 cm³/mol. The third-order valence-electron chi connectivity index (χ3n) is 2.74. The van der Waals surface area contributed by atoms with Gasteiger partial charge < -0.3 is 5.11 Å². The molecular formula is C11H13NO2. The molecule has 1 aliphatic carbocycles. The fourth-order valence-corrected chi connectivity index (χ4v) is 1.88. The van der Waals surface area contributed by atoms with Crippen molar-refractivity contribution in [2.75, 3.05) is 0 Å². The molecule has 0 amide bonds. The van der Waals surface area contributed by atoms with Gasteiger partial charge in [-0.05, 0) is 24.5 Å². The van der Waals surface area contributed by atoms with Crippen molar-refractivity contribution in [3.05, 3.63) is 29.1 Å². The molecule has 0 radical (unpaired) electrons. The van der Waals surface area contributed by atoms with Crippen LogP contribution >= 0.6 is 0 Å². The number of aliphatic carboxylic acids is 1. The van der Waals surface area contributed by atoms with Crippen molar-refractivity contribution < 1.29 is 9.90 Å². The molecule has 1 unspecified atom stereocenters. The first-order valence-corrected chi connectivity index (χ1v) is 4.91. The Kier molecular flexibility index (Phi) is 2.23. The van der Waals surface area contributed by atoms with E-state index in [0.717, 1.165) is 23.4 Å². The molecule has 0 fully saturated rings. The molecule has 3 heteroatoms. The minimum atomic E-state index is -0.707. The van der Waals surface area contributed by atoms with Crippen LogP contribution in [0.25, 0.3) is 0 Å². The van der Waals surface area contributed by atoms with Gasteiger partial charge in [0.2, 0.25) is 0 Å². The van der Waals surface area contributed by atoms with E-state index in [9.17, 15) is 4.79 Å². The molecule has 0 spiro atoms. The lowest BCUT2D eigenvalue weighted by atomic mass is 10.1. The van der Waals surface area contributed by atoms with Crippen LogP contribution in [0.3, 0.4) is 0 Å². The van der Waals surface area contributed by atoms with Crippen molar-refractivity contribution in [2.24, 2.45) is 5.92 Å². The Morgan fingerprint density at radius 2 is 2.36 bits per heavy atom. The van der Waals surface area contributed by atoms with Crippen molar-refractivity contribution in [1.82, 2.24) is 4.98 Å². The summed E-state index contributed by atoms with van der Waals surface area (Å²) < 4.78 is 0. The summed E-state index contributed by atoms with van der Waals surface area (Å²) in [6.07, 6.45) is 2.14. The molecule has 1 atom stereocenters. The predicted octanol–water partition coefficient (Wildman–Crippen LogP) is 1.44. The number of carbonyl (C=O) groups is 1. The van der Waals surface area contributed by atoms with Crippen molar-refractivity contribution >= 4 is 5.97 Å². The van der Waals surface area contributed by atoms with Crippen LogP contribution in [-0.2, 0) is 24.1 Å². The number of pyridine rings is 1. The number of hydrogen-bond acceptors (Lipinski definition) is 2. The van der Waals surface area contributed by atoms with Crippen LogP contribution in [-0.4, -0.2) is 16.1 Å². The summed E-state index contributed by atoms with van der Waals surface area (Å²) in [4.78, 5) is 15.2. The van der Waals surface area contributed by atoms with Crippen LogP contribution in [0, 0.1) is 5.92 Å². The first-order valence-electron chi connectivity index (χ1n) is 4.91. The third kappa shape index (κ3) is 1.50. The molecule has 1 aromatic rings. The lowest BCUT2D eigenvalue weighted by Crippen LogP contribution is -2.13. The third-order valence-corrected chi connectivity index (χ3v) is 2.74. The molecule has 74 valence electrons. The lowest BCUT2D eigenvalue weighted by molar-refractivity contribution is -0.141. The quantitative estimate of drug-likeness (QED) is 0.769. The van der Waals surface area contributed by atoms with Gasteiger partial charge in [-0.1, -0.05) is 13.0 Å². The van der Waals surface area contributed by atoms with Gasteiger partial charge in [0.1, 0.15) is 0 Å². The van der Waals surface area contributed by atoms with Gasteiger partial charge in [0.25, 0.3) is 0 Å². The minimum Gasteiger partial charge on any atom is -0.481 e. The summed E-state index contributed by atoms with van der Waals surface area (Å²) in [5.74, 6) is -0.967. The first-order chi connectivity index (χ1) is 6.70. The van der Waals surface area contributed by atoms with E-state index in [2.05, 4.69) is 11.9 Å². The first kappa shape index (κ1) is 9.19. The van der Waals surface area contributed by atoms with Crippen molar-refractivity contribution in [3.8, 4) is 0 Å². The molecular weight excluding hydrogens is 178 g/mol. The second kappa shape index (κ2) is 3.40. The van der Waals surface area contributed by atoms with E-state index >= 15 is 0 Å². The average Bonchev–Trinajstić information content (AvgIpc) is 2.59. The van der Waals surface area contributed by atoms with Crippen molar-refractivity contribution in [2.45, 2.75) is 26.2 Å². The Morgan fingerprint density at radius 1 is 1.57 bits per heavy atom. The zero-order valence-corrected chi connectivity index (χ0v) is 8.16. The van der Waals surface area contributed by atoms with E-state index in [1.807, 2.05) is 12.1 Å². The van der Waals surface area contributed by atoms with E-state index in [4.69, 9.17) is 5.11 Å². The van der Waals surface area contributed by atoms with Crippen LogP contribution < -0.4 is 0 Å². The maximum Gasteiger partial charge on any atom is 0.307 e. The Balaban J connectivity index is 2.27. The number of hydrogen-bond donors (Lipinski definition) is 1. The zero-order valence-electron chi connectivity index (χ0n) is 8.16. The van der Waals surface area contributed by atoms with Crippen molar-refractivity contribution in [3.63, 3.8) is 0 Å². The van der Waals surface area contributed by atoms with Gasteiger partial charge in [0, 0.05) is 17.8 Å². The molecule has 0 aliphatic heterocycles. The summed E-state index contributed by atoms with van der Waals surface area (Å²) >= 11 is 0. The zero-order chi connectivity index (χ0) is 10.1. The Hall–Kier alpha value is -1.38. The summed E-state index contributed by atoms with van der Waals surface area (Å²) in [5.41, 5.74) is 3.14. The number of aromatic nitrogens is 1. The van der Waals surface area contributed by atoms with E-state index in [1.54, 1.807) is 0 Å². The molecule has 14 heavy (non-hydrogen) atoms. The minimum absolute atomic E-state index is 0.260. The highest BCUT2D eigenvalue weighted by atomic mass is 16.4. The van der Waals surface area contributed by atoms with E-state index < -0.39 is 5.97 Å². The van der Waals surface area contributed by atoms with Gasteiger partial charge in [-0.25, -0.2) is 0 Å². The monoisotopic (exact) mass is 191 g/mol. The van der Waals surface area contributed by atoms with Gasteiger partial charge >= 0.3 is 5.97 Å². The van der Waals surface area contributed by atoms with Crippen molar-refractivity contribution in [1.29, 1.82) is 0 Å². The number of carboxylic acid groups (broad SMARTS) is 1. The van der Waals surface area contributed by atoms with Crippen LogP contribution in [0.5, 0.6) is 0 Å². The Bertz CT molecular complexity index is 374. The summed E-state index contributed by atoms with van der Waals surface area (Å²) in [6, 6.07) is 4.01. The topological polar surface area (TPSA) is 50.2 Å². The van der Waals surface area contributed by atoms with E-state index in [-0.39, 0.29) is 5.92 Å². The number of rotatable bonds is 2. The number of carboxylic acids is 1. The average molecular weight is 191 g/mol. The van der Waals surface area contributed by atoms with Gasteiger partial charge in [0.15, 0.2) is 0 Å². The van der Waals surface area contributed by atoms with Crippen LogP contribution in [0.1, 0.15) is 23.9 Å². The highest BCUT2D eigenvalue weighted by Gasteiger charge is 2.27. The highest BCUT2D eigenvalue weighted by Crippen LogP contribution is 2.25. The van der Waals surface area contributed by atoms with E-state index in [0.29, 0.717) is 12.8 Å². The largest absolute Gasteiger partial charge is 0.481 e. The molecule has 0 aromatic carbocycles. The highest BCUT2D eigenvalue weighted by molar-refractivity contribution is 5.72. The van der Waals surface area contributed by atoms with Gasteiger partial charge in [0.05, 0.1) is 5.92 Å². The molecule has 0 saturated carbocycles. The molecule has 0 saturated heterocycles. The van der Waals surface area contributed by atoms with Gasteiger partial charge in [-0.3, -0.25) is 9.78 Å². The second-order valence-corrected chi connectivity index (χ2v) is 3.71. The van der Waals surface area contributed by atoms with Crippen LogP contribution in [0.4, 0.5) is 0 Å². The molecule has 0 bridgehead atoms. The number of aryl methyl sites for hydroxylation is 1. The smallest absolute Gasteiger partial charge is 0.307 e. The number of fused-ring (bicyclic) bond motifs is 1. The standard InChI is InChI=1S/C11H13NO2/c1-2-9-4-3-7-5-8(11(13)14)6-10(7)12-9/h3-4,8H,2,5-6H2,1H3,(H,13,14). The molecule has 1 heterocycles. The van der Waals surface area contributed by atoms with Crippen LogP contribution in [0.2, 0.25) is 0 Å². The van der Waals surface area contributed by atoms with E-state index in [1.165, 1.54) is 0 Å². The van der Waals surface area contributed by atoms with Gasteiger partial charge in [-0.2, -0.15) is 0 Å². The fourth-order valence-electron chi connectivity index (χ4n) is 1.88. The lowest BCUT2D eigenvalue weighted by Gasteiger charge is -1.99. The SMILES string of the molecule is CCc1ccc2c(n1)CC(C(=O)O)C2. The molecule has 2 rings (SSSR count). The summed E-state index contributed by atoms with van der Waals surface area (Å²) in [5, 5.41) is 8.88. The Labute approximate surface area is 82.8 Å². The molecule has 1 aliphatic rings. The maximum atomic E-state index is 10.8. The number of nitrogens with zero attached hydrogens (tertiary/aromatic N) is 1. The molecule has 1 aromatic heterocycles. The molecule has 1 N–H and O–H groups in total. The molecule has 3 nitrogen and oxygen atoms in total. The normalized spacial score (nSPS) is 19.4. The summed E-state index contributed by atoms with van der Waals surface area (Å²) in [7, 11) is 0. The van der Waals surface area contributed by atoms with Crippen LogP contribution in [0.15, 0.2) is 12.1 Å². The van der Waals surface area contributed by atoms with Gasteiger partial charge in [-0.15, -0.1) is 0 Å². The summed E-state index contributed by atoms with van der Waals surface area (Å²) in [6.45, 7) is 2.05. The fraction of sp³-hybridized carbons (Fsp3) is 0.455. The maximum absolute atomic E-state index is 10.8. The second-order valence-electron chi connectivity index (χ2n) is 3.71.